The lowest BCUT2D eigenvalue weighted by Crippen LogP contribution is -2.06. The van der Waals surface area contributed by atoms with Crippen LogP contribution in [0.5, 0.6) is 5.75 Å². The molecule has 0 fully saturated rings. The fourth-order valence-corrected chi connectivity index (χ4v) is 5.37. The fraction of sp³-hybridized carbons (Fsp3) is 0.171. The Morgan fingerprint density at radius 3 is 2.48 bits per heavy atom. The minimum Gasteiger partial charge on any atom is -0.493 e. The average molecular weight is 576 g/mol. The van der Waals surface area contributed by atoms with Crippen LogP contribution in [-0.4, -0.2) is 30.4 Å². The van der Waals surface area contributed by atoms with Crippen molar-refractivity contribution in [3.05, 3.63) is 115 Å². The van der Waals surface area contributed by atoms with E-state index in [4.69, 9.17) is 9.47 Å². The molecule has 7 heteroatoms. The van der Waals surface area contributed by atoms with Gasteiger partial charge in [0.1, 0.15) is 5.75 Å². The van der Waals surface area contributed by atoms with Gasteiger partial charge in [-0.3, -0.25) is 5.43 Å². The first-order valence-electron chi connectivity index (χ1n) is 14.0. The first-order chi connectivity index (χ1) is 20.6. The molecule has 0 aliphatic carbocycles. The van der Waals surface area contributed by atoms with Gasteiger partial charge < -0.3 is 9.47 Å². The predicted molar refractivity (Wildman–Crippen MR) is 173 cm³/mol. The third-order valence-corrected chi connectivity index (χ3v) is 7.61. The summed E-state index contributed by atoms with van der Waals surface area (Å²) in [6.07, 6.45) is 5.82. The van der Waals surface area contributed by atoms with E-state index in [1.165, 1.54) is 5.56 Å². The summed E-state index contributed by atoms with van der Waals surface area (Å²) in [4.78, 5) is 15.8. The number of esters is 1. The third kappa shape index (κ3) is 7.50. The first-order valence-corrected chi connectivity index (χ1v) is 14.8. The Balaban J connectivity index is 1.35. The maximum atomic E-state index is 11.2. The molecule has 212 valence electrons. The number of hydrogen-bond donors (Lipinski definition) is 1. The Hall–Kier alpha value is -4.75. The van der Waals surface area contributed by atoms with Gasteiger partial charge >= 0.3 is 5.97 Å². The molecule has 0 unspecified atom stereocenters. The van der Waals surface area contributed by atoms with E-state index in [0.717, 1.165) is 67.8 Å². The fourth-order valence-electron chi connectivity index (χ4n) is 4.55. The van der Waals surface area contributed by atoms with Crippen molar-refractivity contribution in [2.24, 2.45) is 5.10 Å². The molecule has 0 spiro atoms. The van der Waals surface area contributed by atoms with Gasteiger partial charge in [0, 0.05) is 18.1 Å². The molecule has 1 aromatic heterocycles. The molecule has 0 aliphatic rings. The van der Waals surface area contributed by atoms with Gasteiger partial charge in [0.25, 0.3) is 0 Å². The van der Waals surface area contributed by atoms with Gasteiger partial charge in [0.2, 0.25) is 5.13 Å². The summed E-state index contributed by atoms with van der Waals surface area (Å²) >= 11 is 1.57. The summed E-state index contributed by atoms with van der Waals surface area (Å²) in [7, 11) is 0. The molecule has 0 bridgehead atoms. The van der Waals surface area contributed by atoms with E-state index >= 15 is 0 Å². The molecule has 5 aromatic rings. The van der Waals surface area contributed by atoms with Gasteiger partial charge in [0.15, 0.2) is 0 Å². The van der Waals surface area contributed by atoms with Crippen molar-refractivity contribution in [1.82, 2.24) is 4.98 Å². The summed E-state index contributed by atoms with van der Waals surface area (Å²) in [5, 5.41) is 5.31. The second-order valence-electron chi connectivity index (χ2n) is 9.70. The number of benzene rings is 4. The van der Waals surface area contributed by atoms with E-state index in [9.17, 15) is 4.79 Å². The number of nitrogens with one attached hydrogen (secondary N) is 1. The molecular weight excluding hydrogens is 542 g/mol. The standard InChI is InChI=1S/C35H33N3O3S/c1-3-8-25-11-13-26(14-12-25)28-17-20-31(27-15-18-30(19-16-27)40-21-7-22-41-34(39)4-2)29(23-28)24-36-38-35-37-32-9-5-6-10-33(32)42-35/h4-6,9-20,23-24H,2-3,7-8,21-22H2,1H3,(H,37,38)/b36-24+. The van der Waals surface area contributed by atoms with Crippen LogP contribution >= 0.6 is 11.3 Å². The normalized spacial score (nSPS) is 11.1. The van der Waals surface area contributed by atoms with Crippen molar-refractivity contribution < 1.29 is 14.3 Å². The largest absolute Gasteiger partial charge is 0.493 e. The monoisotopic (exact) mass is 575 g/mol. The molecule has 6 nitrogen and oxygen atoms in total. The second kappa shape index (κ2) is 14.2. The zero-order chi connectivity index (χ0) is 29.1. The van der Waals surface area contributed by atoms with Crippen molar-refractivity contribution in [3.8, 4) is 28.0 Å². The summed E-state index contributed by atoms with van der Waals surface area (Å²) in [5.41, 5.74) is 10.8. The molecule has 0 amide bonds. The van der Waals surface area contributed by atoms with Crippen LogP contribution in [0.4, 0.5) is 5.13 Å². The summed E-state index contributed by atoms with van der Waals surface area (Å²) < 4.78 is 11.9. The quantitative estimate of drug-likeness (QED) is 0.0501. The van der Waals surface area contributed by atoms with Crippen LogP contribution in [0.2, 0.25) is 0 Å². The van der Waals surface area contributed by atoms with Gasteiger partial charge in [0.05, 0.1) is 29.6 Å². The van der Waals surface area contributed by atoms with Crippen LogP contribution in [0.1, 0.15) is 30.9 Å². The lowest BCUT2D eigenvalue weighted by molar-refractivity contribution is -0.137. The number of nitrogens with zero attached hydrogens (tertiary/aromatic N) is 2. The van der Waals surface area contributed by atoms with Crippen LogP contribution in [0.15, 0.2) is 109 Å². The molecule has 1 N–H and O–H groups in total. The first kappa shape index (κ1) is 28.8. The number of thiazole rings is 1. The molecule has 0 atom stereocenters. The smallest absolute Gasteiger partial charge is 0.330 e. The van der Waals surface area contributed by atoms with Gasteiger partial charge in [-0.25, -0.2) is 9.78 Å². The van der Waals surface area contributed by atoms with E-state index in [2.05, 4.69) is 77.5 Å². The van der Waals surface area contributed by atoms with E-state index in [1.54, 1.807) is 11.3 Å². The summed E-state index contributed by atoms with van der Waals surface area (Å²) in [6.45, 7) is 6.34. The number of carbonyl (C=O) groups excluding carboxylic acids is 1. The number of carbonyl (C=O) groups is 1. The van der Waals surface area contributed by atoms with Gasteiger partial charge in [-0.2, -0.15) is 5.10 Å². The topological polar surface area (TPSA) is 72.8 Å². The van der Waals surface area contributed by atoms with Crippen LogP contribution in [0, 0.1) is 0 Å². The number of para-hydroxylation sites is 1. The molecule has 42 heavy (non-hydrogen) atoms. The maximum Gasteiger partial charge on any atom is 0.330 e. The SMILES string of the molecule is C=CC(=O)OCCCOc1ccc(-c2ccc(-c3ccc(CCC)cc3)cc2/C=N/Nc2nc3ccccc3s2)cc1. The van der Waals surface area contributed by atoms with Crippen LogP contribution in [0.3, 0.4) is 0 Å². The number of aryl methyl sites for hydroxylation is 1. The molecular formula is C35H33N3O3S. The molecule has 0 aliphatic heterocycles. The number of rotatable bonds is 13. The number of aromatic nitrogens is 1. The maximum absolute atomic E-state index is 11.2. The van der Waals surface area contributed by atoms with Crippen molar-refractivity contribution in [2.45, 2.75) is 26.2 Å². The average Bonchev–Trinajstić information content (AvgIpc) is 3.44. The highest BCUT2D eigenvalue weighted by Gasteiger charge is 2.09. The van der Waals surface area contributed by atoms with Gasteiger partial charge in [-0.15, -0.1) is 0 Å². The Morgan fingerprint density at radius 2 is 1.71 bits per heavy atom. The van der Waals surface area contributed by atoms with Crippen molar-refractivity contribution in [3.63, 3.8) is 0 Å². The Kier molecular flexibility index (Phi) is 9.75. The lowest BCUT2D eigenvalue weighted by Gasteiger charge is -2.12. The molecule has 0 saturated heterocycles. The molecule has 0 saturated carbocycles. The minimum atomic E-state index is -0.423. The second-order valence-corrected chi connectivity index (χ2v) is 10.7. The van der Waals surface area contributed by atoms with Crippen LogP contribution < -0.4 is 10.2 Å². The van der Waals surface area contributed by atoms with Crippen LogP contribution in [-0.2, 0) is 16.0 Å². The zero-order valence-corrected chi connectivity index (χ0v) is 24.4. The summed E-state index contributed by atoms with van der Waals surface area (Å²) in [6, 6.07) is 31.3. The lowest BCUT2D eigenvalue weighted by atomic mass is 9.94. The zero-order valence-electron chi connectivity index (χ0n) is 23.6. The number of hydrogen-bond acceptors (Lipinski definition) is 7. The molecule has 4 aromatic carbocycles. The van der Waals surface area contributed by atoms with E-state index < -0.39 is 5.97 Å². The highest BCUT2D eigenvalue weighted by Crippen LogP contribution is 2.30. The number of hydrazone groups is 1. The van der Waals surface area contributed by atoms with Gasteiger partial charge in [-0.05, 0) is 64.6 Å². The van der Waals surface area contributed by atoms with Gasteiger partial charge in [-0.1, -0.05) is 91.9 Å². The minimum absolute atomic E-state index is 0.296. The predicted octanol–water partition coefficient (Wildman–Crippen LogP) is 8.53. The third-order valence-electron chi connectivity index (χ3n) is 6.67. The van der Waals surface area contributed by atoms with E-state index in [1.807, 2.05) is 48.7 Å². The number of anilines is 1. The van der Waals surface area contributed by atoms with E-state index in [-0.39, 0.29) is 0 Å². The highest BCUT2D eigenvalue weighted by molar-refractivity contribution is 7.22. The number of ether oxygens (including phenoxy) is 2. The molecule has 1 heterocycles. The Bertz CT molecular complexity index is 1640. The summed E-state index contributed by atoms with van der Waals surface area (Å²) in [5.74, 6) is 0.332. The molecule has 5 rings (SSSR count). The van der Waals surface area contributed by atoms with E-state index in [0.29, 0.717) is 19.6 Å². The molecule has 0 radical (unpaired) electrons. The number of fused-ring (bicyclic) bond motifs is 1. The highest BCUT2D eigenvalue weighted by atomic mass is 32.1. The van der Waals surface area contributed by atoms with Crippen molar-refractivity contribution >= 4 is 38.9 Å². The van der Waals surface area contributed by atoms with Crippen LogP contribution in [0.25, 0.3) is 32.5 Å². The Morgan fingerprint density at radius 1 is 0.952 bits per heavy atom. The van der Waals surface area contributed by atoms with Crippen molar-refractivity contribution in [2.75, 3.05) is 18.6 Å². The Labute approximate surface area is 250 Å². The van der Waals surface area contributed by atoms with Crippen molar-refractivity contribution in [1.29, 1.82) is 0 Å².